The van der Waals surface area contributed by atoms with Crippen molar-refractivity contribution in [1.82, 2.24) is 10.6 Å². The molecule has 4 heteroatoms. The van der Waals surface area contributed by atoms with Crippen molar-refractivity contribution < 1.29 is 9.53 Å². The molecule has 0 unspecified atom stereocenters. The van der Waals surface area contributed by atoms with E-state index >= 15 is 0 Å². The van der Waals surface area contributed by atoms with E-state index < -0.39 is 0 Å². The minimum absolute atomic E-state index is 0.215. The predicted octanol–water partition coefficient (Wildman–Crippen LogP) is 0.529. The van der Waals surface area contributed by atoms with Crippen LogP contribution in [0.15, 0.2) is 0 Å². The summed E-state index contributed by atoms with van der Waals surface area (Å²) < 4.78 is 4.77. The molecule has 0 radical (unpaired) electrons. The number of esters is 1. The van der Waals surface area contributed by atoms with Gasteiger partial charge in [-0.15, -0.1) is 0 Å². The van der Waals surface area contributed by atoms with Gasteiger partial charge in [0, 0.05) is 26.6 Å². The average molecular weight is 202 g/mol. The van der Waals surface area contributed by atoms with Crippen molar-refractivity contribution in [3.63, 3.8) is 0 Å². The van der Waals surface area contributed by atoms with Crippen LogP contribution in [-0.2, 0) is 9.53 Å². The molecular weight excluding hydrogens is 180 g/mol. The molecule has 84 valence electrons. The highest BCUT2D eigenvalue weighted by molar-refractivity contribution is 5.65. The Kier molecular flexibility index (Phi) is 10.0. The van der Waals surface area contributed by atoms with Crippen molar-refractivity contribution in [3.8, 4) is 0 Å². The van der Waals surface area contributed by atoms with Crippen LogP contribution in [0.4, 0.5) is 0 Å². The third kappa shape index (κ3) is 11.4. The SMILES string of the molecule is CCCCNCCNCCOC(C)=O. The molecule has 0 aliphatic carbocycles. The first-order chi connectivity index (χ1) is 6.77. The van der Waals surface area contributed by atoms with Crippen LogP contribution in [-0.4, -0.2) is 38.8 Å². The van der Waals surface area contributed by atoms with Gasteiger partial charge in [-0.05, 0) is 13.0 Å². The predicted molar refractivity (Wildman–Crippen MR) is 57.3 cm³/mol. The van der Waals surface area contributed by atoms with E-state index in [4.69, 9.17) is 4.74 Å². The van der Waals surface area contributed by atoms with Crippen molar-refractivity contribution in [3.05, 3.63) is 0 Å². The van der Waals surface area contributed by atoms with Crippen LogP contribution < -0.4 is 10.6 Å². The summed E-state index contributed by atoms with van der Waals surface area (Å²) in [5, 5.41) is 6.49. The minimum Gasteiger partial charge on any atom is -0.465 e. The molecule has 0 aliphatic rings. The molecule has 0 aromatic rings. The first-order valence-corrected chi connectivity index (χ1v) is 5.32. The Morgan fingerprint density at radius 1 is 1.14 bits per heavy atom. The molecule has 0 spiro atoms. The van der Waals surface area contributed by atoms with Gasteiger partial charge in [0.1, 0.15) is 6.61 Å². The van der Waals surface area contributed by atoms with Gasteiger partial charge < -0.3 is 15.4 Å². The first kappa shape index (κ1) is 13.4. The van der Waals surface area contributed by atoms with Crippen LogP contribution in [0.1, 0.15) is 26.7 Å². The maximum absolute atomic E-state index is 10.4. The summed E-state index contributed by atoms with van der Waals surface area (Å²) >= 11 is 0. The summed E-state index contributed by atoms with van der Waals surface area (Å²) in [6, 6.07) is 0. The lowest BCUT2D eigenvalue weighted by molar-refractivity contribution is -0.140. The highest BCUT2D eigenvalue weighted by Gasteiger charge is 1.91. The van der Waals surface area contributed by atoms with E-state index in [0.29, 0.717) is 6.61 Å². The fourth-order valence-corrected chi connectivity index (χ4v) is 0.995. The van der Waals surface area contributed by atoms with Crippen molar-refractivity contribution in [1.29, 1.82) is 0 Å². The molecule has 0 aromatic carbocycles. The summed E-state index contributed by atoms with van der Waals surface area (Å²) in [5.41, 5.74) is 0. The lowest BCUT2D eigenvalue weighted by Gasteiger charge is -2.05. The number of carbonyl (C=O) groups is 1. The molecule has 0 atom stereocenters. The number of hydrogen-bond donors (Lipinski definition) is 2. The summed E-state index contributed by atoms with van der Waals surface area (Å²) in [6.07, 6.45) is 2.46. The first-order valence-electron chi connectivity index (χ1n) is 5.32. The Morgan fingerprint density at radius 3 is 2.36 bits per heavy atom. The molecule has 0 saturated carbocycles. The van der Waals surface area contributed by atoms with E-state index in [2.05, 4.69) is 17.6 Å². The molecule has 2 N–H and O–H groups in total. The fraction of sp³-hybridized carbons (Fsp3) is 0.900. The lowest BCUT2D eigenvalue weighted by Crippen LogP contribution is -2.30. The summed E-state index contributed by atoms with van der Waals surface area (Å²) in [6.45, 7) is 7.78. The number of rotatable bonds is 9. The van der Waals surface area contributed by atoms with Gasteiger partial charge in [0.15, 0.2) is 0 Å². The molecule has 0 rings (SSSR count). The van der Waals surface area contributed by atoms with Crippen LogP contribution in [0.5, 0.6) is 0 Å². The normalized spacial score (nSPS) is 10.1. The van der Waals surface area contributed by atoms with E-state index in [1.807, 2.05) is 0 Å². The maximum Gasteiger partial charge on any atom is 0.302 e. The third-order valence-corrected chi connectivity index (χ3v) is 1.77. The molecule has 14 heavy (non-hydrogen) atoms. The van der Waals surface area contributed by atoms with Crippen molar-refractivity contribution in [2.45, 2.75) is 26.7 Å². The van der Waals surface area contributed by atoms with Gasteiger partial charge in [-0.25, -0.2) is 0 Å². The van der Waals surface area contributed by atoms with E-state index in [1.165, 1.54) is 19.8 Å². The zero-order valence-corrected chi connectivity index (χ0v) is 9.27. The number of hydrogen-bond acceptors (Lipinski definition) is 4. The van der Waals surface area contributed by atoms with E-state index in [9.17, 15) is 4.79 Å². The largest absolute Gasteiger partial charge is 0.465 e. The zero-order valence-electron chi connectivity index (χ0n) is 9.27. The summed E-state index contributed by atoms with van der Waals surface area (Å²) in [7, 11) is 0. The van der Waals surface area contributed by atoms with Gasteiger partial charge >= 0.3 is 5.97 Å². The second kappa shape index (κ2) is 10.5. The van der Waals surface area contributed by atoms with E-state index in [1.54, 1.807) is 0 Å². The number of unbranched alkanes of at least 4 members (excludes halogenated alkanes) is 1. The van der Waals surface area contributed by atoms with Crippen LogP contribution in [0.25, 0.3) is 0 Å². The highest BCUT2D eigenvalue weighted by Crippen LogP contribution is 1.80. The Hall–Kier alpha value is -0.610. The molecule has 0 amide bonds. The molecule has 0 aromatic heterocycles. The van der Waals surface area contributed by atoms with Gasteiger partial charge in [-0.3, -0.25) is 4.79 Å². The van der Waals surface area contributed by atoms with Gasteiger partial charge in [0.25, 0.3) is 0 Å². The Labute approximate surface area is 86.4 Å². The van der Waals surface area contributed by atoms with Crippen LogP contribution >= 0.6 is 0 Å². The number of ether oxygens (including phenoxy) is 1. The number of carbonyl (C=O) groups excluding carboxylic acids is 1. The fourth-order valence-electron chi connectivity index (χ4n) is 0.995. The van der Waals surface area contributed by atoms with E-state index in [-0.39, 0.29) is 5.97 Å². The smallest absolute Gasteiger partial charge is 0.302 e. The van der Waals surface area contributed by atoms with Crippen molar-refractivity contribution >= 4 is 5.97 Å². The lowest BCUT2D eigenvalue weighted by atomic mass is 10.3. The second-order valence-corrected chi connectivity index (χ2v) is 3.19. The summed E-state index contributed by atoms with van der Waals surface area (Å²) in [4.78, 5) is 10.4. The molecule has 0 saturated heterocycles. The van der Waals surface area contributed by atoms with Crippen molar-refractivity contribution in [2.75, 3.05) is 32.8 Å². The Bertz CT molecular complexity index is 140. The zero-order chi connectivity index (χ0) is 10.6. The molecule has 4 nitrogen and oxygen atoms in total. The Balaban J connectivity index is 2.88. The van der Waals surface area contributed by atoms with Gasteiger partial charge in [0.2, 0.25) is 0 Å². The molecular formula is C10H22N2O2. The molecule has 0 aliphatic heterocycles. The van der Waals surface area contributed by atoms with Gasteiger partial charge in [0.05, 0.1) is 0 Å². The minimum atomic E-state index is -0.215. The molecule has 0 fully saturated rings. The third-order valence-electron chi connectivity index (χ3n) is 1.77. The highest BCUT2D eigenvalue weighted by atomic mass is 16.5. The van der Waals surface area contributed by atoms with Crippen molar-refractivity contribution in [2.24, 2.45) is 0 Å². The maximum atomic E-state index is 10.4. The van der Waals surface area contributed by atoms with Gasteiger partial charge in [-0.2, -0.15) is 0 Å². The second-order valence-electron chi connectivity index (χ2n) is 3.19. The van der Waals surface area contributed by atoms with Crippen LogP contribution in [0.2, 0.25) is 0 Å². The topological polar surface area (TPSA) is 50.4 Å². The Morgan fingerprint density at radius 2 is 1.79 bits per heavy atom. The standard InChI is InChI=1S/C10H22N2O2/c1-3-4-5-11-6-7-12-8-9-14-10(2)13/h11-12H,3-9H2,1-2H3. The van der Waals surface area contributed by atoms with Gasteiger partial charge in [-0.1, -0.05) is 13.3 Å². The summed E-state index contributed by atoms with van der Waals surface area (Å²) in [5.74, 6) is -0.215. The molecule has 0 bridgehead atoms. The van der Waals surface area contributed by atoms with Crippen LogP contribution in [0, 0.1) is 0 Å². The monoisotopic (exact) mass is 202 g/mol. The average Bonchev–Trinajstić information content (AvgIpc) is 2.15. The quantitative estimate of drug-likeness (QED) is 0.423. The molecule has 0 heterocycles. The van der Waals surface area contributed by atoms with E-state index in [0.717, 1.165) is 26.2 Å². The number of nitrogens with one attached hydrogen (secondary N) is 2. The van der Waals surface area contributed by atoms with Crippen LogP contribution in [0.3, 0.4) is 0 Å².